The number of benzene rings is 9. The van der Waals surface area contributed by atoms with E-state index in [4.69, 9.17) is 0 Å². The smallest absolute Gasteiger partial charge is 0.0543 e. The van der Waals surface area contributed by atoms with Crippen molar-refractivity contribution in [1.29, 1.82) is 0 Å². The molecule has 0 atom stereocenters. The number of aryl methyl sites for hydroxylation is 2. The van der Waals surface area contributed by atoms with E-state index in [-0.39, 0.29) is 5.41 Å². The Morgan fingerprint density at radius 2 is 0.900 bits per heavy atom. The summed E-state index contributed by atoms with van der Waals surface area (Å²) in [6.45, 7) is 4.50. The van der Waals surface area contributed by atoms with Gasteiger partial charge in [-0.2, -0.15) is 0 Å². The molecule has 0 saturated heterocycles. The molecule has 0 radical (unpaired) electrons. The number of para-hydroxylation sites is 3. The lowest BCUT2D eigenvalue weighted by Gasteiger charge is -2.61. The van der Waals surface area contributed by atoms with Gasteiger partial charge in [0, 0.05) is 38.8 Å². The average Bonchev–Trinajstić information content (AvgIpc) is 3.58. The Balaban J connectivity index is 1.07. The fourth-order valence-corrected chi connectivity index (χ4v) is 13.5. The predicted molar refractivity (Wildman–Crippen MR) is 252 cm³/mol. The molecule has 0 aliphatic heterocycles. The van der Waals surface area contributed by atoms with Gasteiger partial charge in [-0.15, -0.1) is 0 Å². The number of rotatable bonds is 6. The normalized spacial score (nSPS) is 22.2. The predicted octanol–water partition coefficient (Wildman–Crippen LogP) is 15.9. The van der Waals surface area contributed by atoms with Crippen LogP contribution in [0, 0.1) is 37.5 Å². The van der Waals surface area contributed by atoms with Crippen LogP contribution in [0.15, 0.2) is 170 Å². The Morgan fingerprint density at radius 3 is 1.53 bits per heavy atom. The van der Waals surface area contributed by atoms with Crippen LogP contribution in [0.25, 0.3) is 43.4 Å². The van der Waals surface area contributed by atoms with Gasteiger partial charge in [-0.25, -0.2) is 0 Å². The van der Waals surface area contributed by atoms with E-state index in [1.54, 1.807) is 11.1 Å². The van der Waals surface area contributed by atoms with Crippen molar-refractivity contribution in [1.82, 2.24) is 0 Å². The fraction of sp³-hybridized carbons (Fsp3) is 0.207. The van der Waals surface area contributed by atoms with E-state index in [1.807, 2.05) is 0 Å². The van der Waals surface area contributed by atoms with E-state index in [2.05, 4.69) is 194 Å². The van der Waals surface area contributed by atoms with Gasteiger partial charge in [0.05, 0.1) is 17.1 Å². The lowest BCUT2D eigenvalue weighted by atomic mass is 9.43. The van der Waals surface area contributed by atoms with Crippen molar-refractivity contribution in [3.05, 3.63) is 192 Å². The molecular weight excluding hydrogens is 725 g/mol. The van der Waals surface area contributed by atoms with Crippen molar-refractivity contribution in [2.75, 3.05) is 9.80 Å². The molecule has 2 heteroatoms. The Kier molecular flexibility index (Phi) is 7.36. The van der Waals surface area contributed by atoms with Crippen LogP contribution in [0.3, 0.4) is 0 Å². The first kappa shape index (κ1) is 34.5. The van der Waals surface area contributed by atoms with Crippen molar-refractivity contribution < 1.29 is 0 Å². The molecule has 9 aromatic carbocycles. The number of nitrogens with zero attached hydrogens (tertiary/aromatic N) is 2. The topological polar surface area (TPSA) is 6.48 Å². The Bertz CT molecular complexity index is 3130. The van der Waals surface area contributed by atoms with Crippen LogP contribution in [0.5, 0.6) is 0 Å². The summed E-state index contributed by atoms with van der Waals surface area (Å²) in [4.78, 5) is 5.09. The Morgan fingerprint density at radius 1 is 0.400 bits per heavy atom. The van der Waals surface area contributed by atoms with E-state index >= 15 is 0 Å². The molecule has 0 unspecified atom stereocenters. The van der Waals surface area contributed by atoms with E-state index in [9.17, 15) is 0 Å². The van der Waals surface area contributed by atoms with Crippen molar-refractivity contribution in [2.45, 2.75) is 51.4 Å². The Hall–Kier alpha value is -6.38. The highest BCUT2D eigenvalue weighted by Gasteiger charge is 2.61. The monoisotopic (exact) mass is 772 g/mol. The van der Waals surface area contributed by atoms with Gasteiger partial charge >= 0.3 is 0 Å². The van der Waals surface area contributed by atoms with Gasteiger partial charge in [0.25, 0.3) is 0 Å². The zero-order valence-electron chi connectivity index (χ0n) is 34.4. The summed E-state index contributed by atoms with van der Waals surface area (Å²) in [5, 5.41) is 7.72. The zero-order valence-corrected chi connectivity index (χ0v) is 34.4. The highest BCUT2D eigenvalue weighted by atomic mass is 15.2. The van der Waals surface area contributed by atoms with Crippen LogP contribution in [0.2, 0.25) is 0 Å². The molecule has 4 fully saturated rings. The molecule has 4 saturated carbocycles. The van der Waals surface area contributed by atoms with E-state index in [1.165, 1.54) is 115 Å². The average molecular weight is 773 g/mol. The van der Waals surface area contributed by atoms with Crippen LogP contribution in [0.1, 0.15) is 54.4 Å². The molecule has 5 aliphatic rings. The highest BCUT2D eigenvalue weighted by Crippen LogP contribution is 2.70. The van der Waals surface area contributed by atoms with Crippen molar-refractivity contribution in [2.24, 2.45) is 23.7 Å². The Labute approximate surface area is 353 Å². The van der Waals surface area contributed by atoms with E-state index in [0.717, 1.165) is 29.4 Å². The second-order valence-electron chi connectivity index (χ2n) is 18.6. The van der Waals surface area contributed by atoms with E-state index < -0.39 is 0 Å². The molecule has 14 rings (SSSR count). The number of hydrogen-bond acceptors (Lipinski definition) is 2. The third-order valence-electron chi connectivity index (χ3n) is 15.6. The van der Waals surface area contributed by atoms with Crippen molar-refractivity contribution >= 4 is 66.4 Å². The second kappa shape index (κ2) is 12.8. The summed E-state index contributed by atoms with van der Waals surface area (Å²) in [6, 6.07) is 64.5. The molecule has 0 N–H and O–H groups in total. The van der Waals surface area contributed by atoms with Gasteiger partial charge in [-0.05, 0) is 161 Å². The maximum Gasteiger partial charge on any atom is 0.0543 e. The van der Waals surface area contributed by atoms with E-state index in [0.29, 0.717) is 0 Å². The molecule has 1 spiro atoms. The molecule has 5 aliphatic carbocycles. The number of fused-ring (bicyclic) bond motifs is 3. The summed E-state index contributed by atoms with van der Waals surface area (Å²) in [7, 11) is 0. The summed E-state index contributed by atoms with van der Waals surface area (Å²) >= 11 is 0. The van der Waals surface area contributed by atoms with Crippen LogP contribution in [0.4, 0.5) is 34.1 Å². The quantitative estimate of drug-likeness (QED) is 0.155. The maximum atomic E-state index is 2.64. The minimum absolute atomic E-state index is 0.105. The second-order valence-corrected chi connectivity index (χ2v) is 18.6. The first-order valence-corrected chi connectivity index (χ1v) is 22.3. The first-order chi connectivity index (χ1) is 29.6. The number of hydrogen-bond donors (Lipinski definition) is 0. The largest absolute Gasteiger partial charge is 0.310 e. The van der Waals surface area contributed by atoms with Crippen molar-refractivity contribution in [3.63, 3.8) is 0 Å². The summed E-state index contributed by atoms with van der Waals surface area (Å²) in [5.74, 6) is 3.26. The number of anilines is 6. The molecule has 290 valence electrons. The van der Waals surface area contributed by atoms with Crippen LogP contribution < -0.4 is 9.80 Å². The molecule has 2 nitrogen and oxygen atoms in total. The molecule has 60 heavy (non-hydrogen) atoms. The third kappa shape index (κ3) is 4.65. The lowest BCUT2D eigenvalue weighted by Crippen LogP contribution is -2.55. The van der Waals surface area contributed by atoms with Crippen LogP contribution >= 0.6 is 0 Å². The maximum absolute atomic E-state index is 2.64. The molecule has 4 bridgehead atoms. The van der Waals surface area contributed by atoms with Gasteiger partial charge < -0.3 is 9.80 Å². The van der Waals surface area contributed by atoms with Gasteiger partial charge in [-0.3, -0.25) is 0 Å². The fourth-order valence-electron chi connectivity index (χ4n) is 13.5. The molecular formula is C58H48N2. The summed E-state index contributed by atoms with van der Waals surface area (Å²) in [5.41, 5.74) is 16.0. The third-order valence-corrected chi connectivity index (χ3v) is 15.6. The van der Waals surface area contributed by atoms with Crippen LogP contribution in [-0.4, -0.2) is 0 Å². The van der Waals surface area contributed by atoms with Crippen molar-refractivity contribution in [3.8, 4) is 11.1 Å². The van der Waals surface area contributed by atoms with Gasteiger partial charge in [-0.1, -0.05) is 127 Å². The molecule has 0 heterocycles. The molecule has 9 aromatic rings. The summed E-state index contributed by atoms with van der Waals surface area (Å²) < 4.78 is 0. The zero-order chi connectivity index (χ0) is 39.7. The standard InChI is InChI=1S/C58H48N2/c1-36-13-6-10-20-50(36)59(44-15-4-3-5-16-44)52-29-25-40-24-28-47-53(30-26-41-23-27-46(52)55(40)56(41)47)60(51-21-11-7-14-37(51)2)54-22-12-19-49-57(54)45-17-8-9-18-48(45)58(49)42-32-38-31-39(34-42)35-43(58)33-38/h3-30,38-39,42-43H,31-35H2,1-2H3. The summed E-state index contributed by atoms with van der Waals surface area (Å²) in [6.07, 6.45) is 7.00. The SMILES string of the molecule is Cc1ccccc1N(c1ccccc1)c1ccc2ccc3c(N(c4ccccc4C)c4cccc5c4-c4ccccc4C54C5CC6CC(C5)CC4C6)ccc4ccc1c2c43. The molecule has 0 aromatic heterocycles. The van der Waals surface area contributed by atoms with Gasteiger partial charge in [0.1, 0.15) is 0 Å². The first-order valence-electron chi connectivity index (χ1n) is 22.3. The minimum atomic E-state index is 0.105. The minimum Gasteiger partial charge on any atom is -0.310 e. The highest BCUT2D eigenvalue weighted by molar-refractivity contribution is 6.28. The van der Waals surface area contributed by atoms with Crippen LogP contribution in [-0.2, 0) is 5.41 Å². The molecule has 0 amide bonds. The lowest BCUT2D eigenvalue weighted by molar-refractivity contribution is -0.0399. The van der Waals surface area contributed by atoms with Gasteiger partial charge in [0.2, 0.25) is 0 Å². The van der Waals surface area contributed by atoms with Gasteiger partial charge in [0.15, 0.2) is 0 Å².